The Hall–Kier alpha value is -1.56. The van der Waals surface area contributed by atoms with Gasteiger partial charge in [-0.3, -0.25) is 4.79 Å². The van der Waals surface area contributed by atoms with Gasteiger partial charge in [-0.2, -0.15) is 0 Å². The maximum Gasteiger partial charge on any atom is 0.407 e. The lowest BCUT2D eigenvalue weighted by Gasteiger charge is -2.25. The molecule has 0 aliphatic carbocycles. The Morgan fingerprint density at radius 1 is 1.40 bits per heavy atom. The third-order valence-electron chi connectivity index (χ3n) is 2.37. The van der Waals surface area contributed by atoms with E-state index in [0.717, 1.165) is 4.88 Å². The molecule has 0 aromatic carbocycles. The topological polar surface area (TPSA) is 67.4 Å². The Morgan fingerprint density at radius 2 is 2.10 bits per heavy atom. The van der Waals surface area contributed by atoms with E-state index in [-0.39, 0.29) is 18.1 Å². The Bertz CT molecular complexity index is 438. The predicted octanol–water partition coefficient (Wildman–Crippen LogP) is 2.32. The molecule has 6 heteroatoms. The molecule has 1 aromatic rings. The van der Waals surface area contributed by atoms with Crippen LogP contribution in [0.15, 0.2) is 17.5 Å². The van der Waals surface area contributed by atoms with Crippen LogP contribution in [0, 0.1) is 0 Å². The van der Waals surface area contributed by atoms with Gasteiger partial charge in [0.05, 0.1) is 6.61 Å². The number of alkyl carbamates (subject to hydrolysis) is 1. The molecule has 1 rings (SSSR count). The highest BCUT2D eigenvalue weighted by atomic mass is 32.1. The minimum Gasteiger partial charge on any atom is -0.450 e. The van der Waals surface area contributed by atoms with E-state index < -0.39 is 12.1 Å². The third-order valence-corrected chi connectivity index (χ3v) is 3.27. The average Bonchev–Trinajstić information content (AvgIpc) is 2.79. The van der Waals surface area contributed by atoms with Gasteiger partial charge >= 0.3 is 6.09 Å². The number of hydrogen-bond donors (Lipinski definition) is 2. The SMILES string of the molecule is CCOC(=O)N[C@@H](Cc1cccs1)C(=O)NC(C)(C)C. The summed E-state index contributed by atoms with van der Waals surface area (Å²) in [4.78, 5) is 24.8. The molecule has 0 aliphatic heterocycles. The molecule has 112 valence electrons. The lowest BCUT2D eigenvalue weighted by molar-refractivity contribution is -0.124. The van der Waals surface area contributed by atoms with Crippen molar-refractivity contribution in [2.75, 3.05) is 6.61 Å². The van der Waals surface area contributed by atoms with Gasteiger partial charge < -0.3 is 15.4 Å². The van der Waals surface area contributed by atoms with Gasteiger partial charge in [0.2, 0.25) is 5.91 Å². The van der Waals surface area contributed by atoms with E-state index in [4.69, 9.17) is 4.74 Å². The molecule has 2 amide bonds. The van der Waals surface area contributed by atoms with Crippen molar-refractivity contribution in [1.82, 2.24) is 10.6 Å². The normalized spacial score (nSPS) is 12.6. The van der Waals surface area contributed by atoms with Gasteiger partial charge in [0.25, 0.3) is 0 Å². The highest BCUT2D eigenvalue weighted by Gasteiger charge is 2.25. The average molecular weight is 298 g/mol. The minimum atomic E-state index is -0.632. The number of carbonyl (C=O) groups excluding carboxylic acids is 2. The van der Waals surface area contributed by atoms with Gasteiger partial charge in [-0.05, 0) is 39.1 Å². The maximum absolute atomic E-state index is 12.2. The van der Waals surface area contributed by atoms with Crippen LogP contribution in [0.2, 0.25) is 0 Å². The molecule has 5 nitrogen and oxygen atoms in total. The summed E-state index contributed by atoms with van der Waals surface area (Å²) in [7, 11) is 0. The standard InChI is InChI=1S/C14H22N2O3S/c1-5-19-13(18)15-11(9-10-7-6-8-20-10)12(17)16-14(2,3)4/h6-8,11H,5,9H2,1-4H3,(H,15,18)(H,16,17)/t11-/m0/s1. The summed E-state index contributed by atoms with van der Waals surface area (Å²) in [6, 6.07) is 3.23. The van der Waals surface area contributed by atoms with E-state index in [1.165, 1.54) is 0 Å². The molecule has 0 saturated heterocycles. The maximum atomic E-state index is 12.2. The van der Waals surface area contributed by atoms with E-state index in [9.17, 15) is 9.59 Å². The molecule has 0 saturated carbocycles. The molecule has 0 bridgehead atoms. The molecule has 1 atom stereocenters. The van der Waals surface area contributed by atoms with Gasteiger partial charge in [-0.15, -0.1) is 11.3 Å². The Labute approximate surface area is 123 Å². The number of rotatable bonds is 5. The number of amides is 2. The second kappa shape index (κ2) is 7.28. The number of carbonyl (C=O) groups is 2. The predicted molar refractivity (Wildman–Crippen MR) is 79.9 cm³/mol. The van der Waals surface area contributed by atoms with Crippen LogP contribution in [0.4, 0.5) is 4.79 Å². The van der Waals surface area contributed by atoms with Crippen molar-refractivity contribution >= 4 is 23.3 Å². The van der Waals surface area contributed by atoms with E-state index in [1.807, 2.05) is 38.3 Å². The van der Waals surface area contributed by atoms with Gasteiger partial charge in [0.1, 0.15) is 6.04 Å². The van der Waals surface area contributed by atoms with Gasteiger partial charge in [0, 0.05) is 16.8 Å². The van der Waals surface area contributed by atoms with Gasteiger partial charge in [-0.25, -0.2) is 4.79 Å². The summed E-state index contributed by atoms with van der Waals surface area (Å²) in [5, 5.41) is 7.43. The molecular weight excluding hydrogens is 276 g/mol. The molecule has 20 heavy (non-hydrogen) atoms. The lowest BCUT2D eigenvalue weighted by atomic mass is 10.1. The van der Waals surface area contributed by atoms with Crippen molar-refractivity contribution in [3.63, 3.8) is 0 Å². The molecule has 0 aliphatic rings. The van der Waals surface area contributed by atoms with Crippen LogP contribution in [-0.2, 0) is 16.0 Å². The van der Waals surface area contributed by atoms with Crippen molar-refractivity contribution in [1.29, 1.82) is 0 Å². The highest BCUT2D eigenvalue weighted by molar-refractivity contribution is 7.09. The molecule has 1 heterocycles. The molecule has 0 fully saturated rings. The Balaban J connectivity index is 2.72. The smallest absolute Gasteiger partial charge is 0.407 e. The Morgan fingerprint density at radius 3 is 2.60 bits per heavy atom. The first-order valence-electron chi connectivity index (χ1n) is 6.59. The van der Waals surface area contributed by atoms with E-state index in [1.54, 1.807) is 18.3 Å². The summed E-state index contributed by atoms with van der Waals surface area (Å²) >= 11 is 1.55. The second-order valence-electron chi connectivity index (χ2n) is 5.44. The zero-order chi connectivity index (χ0) is 15.2. The van der Waals surface area contributed by atoms with Crippen LogP contribution in [0.3, 0.4) is 0 Å². The number of hydrogen-bond acceptors (Lipinski definition) is 4. The summed E-state index contributed by atoms with van der Waals surface area (Å²) in [6.07, 6.45) is -0.114. The molecule has 0 unspecified atom stereocenters. The minimum absolute atomic E-state index is 0.209. The van der Waals surface area contributed by atoms with E-state index in [0.29, 0.717) is 6.42 Å². The second-order valence-corrected chi connectivity index (χ2v) is 6.47. The zero-order valence-corrected chi connectivity index (χ0v) is 13.2. The highest BCUT2D eigenvalue weighted by Crippen LogP contribution is 2.12. The largest absolute Gasteiger partial charge is 0.450 e. The monoisotopic (exact) mass is 298 g/mol. The Kier molecular flexibility index (Phi) is 6.01. The van der Waals surface area contributed by atoms with E-state index >= 15 is 0 Å². The molecule has 0 radical (unpaired) electrons. The van der Waals surface area contributed by atoms with E-state index in [2.05, 4.69) is 10.6 Å². The van der Waals surface area contributed by atoms with Crippen LogP contribution >= 0.6 is 11.3 Å². The van der Waals surface area contributed by atoms with Crippen LogP contribution in [0.5, 0.6) is 0 Å². The summed E-state index contributed by atoms with van der Waals surface area (Å²) < 4.78 is 4.85. The molecule has 1 aromatic heterocycles. The van der Waals surface area contributed by atoms with Gasteiger partial charge in [0.15, 0.2) is 0 Å². The van der Waals surface area contributed by atoms with Crippen molar-refractivity contribution in [2.45, 2.75) is 45.7 Å². The van der Waals surface area contributed by atoms with Crippen molar-refractivity contribution in [2.24, 2.45) is 0 Å². The number of nitrogens with one attached hydrogen (secondary N) is 2. The van der Waals surface area contributed by atoms with Gasteiger partial charge in [-0.1, -0.05) is 6.07 Å². The summed E-state index contributed by atoms with van der Waals surface area (Å²) in [6.45, 7) is 7.70. The first-order valence-corrected chi connectivity index (χ1v) is 7.47. The van der Waals surface area contributed by atoms with Crippen molar-refractivity contribution in [3.8, 4) is 0 Å². The lowest BCUT2D eigenvalue weighted by Crippen LogP contribution is -2.53. The fourth-order valence-corrected chi connectivity index (χ4v) is 2.36. The van der Waals surface area contributed by atoms with Crippen LogP contribution in [0.1, 0.15) is 32.6 Å². The molecular formula is C14H22N2O3S. The first-order chi connectivity index (χ1) is 9.31. The fourth-order valence-electron chi connectivity index (χ4n) is 1.61. The quantitative estimate of drug-likeness (QED) is 0.876. The number of ether oxygens (including phenoxy) is 1. The zero-order valence-electron chi connectivity index (χ0n) is 12.4. The molecule has 0 spiro atoms. The fraction of sp³-hybridized carbons (Fsp3) is 0.571. The molecule has 2 N–H and O–H groups in total. The van der Waals surface area contributed by atoms with Crippen molar-refractivity contribution < 1.29 is 14.3 Å². The van der Waals surface area contributed by atoms with Crippen LogP contribution < -0.4 is 10.6 Å². The third kappa shape index (κ3) is 6.06. The number of thiophene rings is 1. The summed E-state index contributed by atoms with van der Waals surface area (Å²) in [5.74, 6) is -0.209. The van der Waals surface area contributed by atoms with Crippen molar-refractivity contribution in [3.05, 3.63) is 22.4 Å². The summed E-state index contributed by atoms with van der Waals surface area (Å²) in [5.41, 5.74) is -0.346. The van der Waals surface area contributed by atoms with Crippen LogP contribution in [0.25, 0.3) is 0 Å². The first kappa shape index (κ1) is 16.5. The van der Waals surface area contributed by atoms with Crippen LogP contribution in [-0.4, -0.2) is 30.2 Å².